The molecule has 0 aliphatic heterocycles. The van der Waals surface area contributed by atoms with E-state index in [4.69, 9.17) is 19.9 Å². The van der Waals surface area contributed by atoms with E-state index in [0.29, 0.717) is 59.2 Å². The Morgan fingerprint density at radius 2 is 1.53 bits per heavy atom. The molecule has 102 valence electrons. The van der Waals surface area contributed by atoms with E-state index in [1.807, 2.05) is 6.92 Å². The summed E-state index contributed by atoms with van der Waals surface area (Å²) in [7, 11) is 0. The lowest BCUT2D eigenvalue weighted by molar-refractivity contribution is -0.122. The van der Waals surface area contributed by atoms with E-state index in [0.717, 1.165) is 0 Å². The summed E-state index contributed by atoms with van der Waals surface area (Å²) in [6.07, 6.45) is 0.396. The second-order valence-electron chi connectivity index (χ2n) is 3.33. The largest absolute Gasteiger partial charge is 0.379 e. The highest BCUT2D eigenvalue weighted by Gasteiger charge is 1.98. The summed E-state index contributed by atoms with van der Waals surface area (Å²) >= 11 is 0. The third-order valence-electron chi connectivity index (χ3n) is 1.85. The summed E-state index contributed by atoms with van der Waals surface area (Å²) in [5.41, 5.74) is 5.25. The summed E-state index contributed by atoms with van der Waals surface area (Å²) in [6, 6.07) is 0. The maximum Gasteiger partial charge on any atom is 0.222 e. The highest BCUT2D eigenvalue weighted by Crippen LogP contribution is 1.85. The molecule has 0 aromatic rings. The van der Waals surface area contributed by atoms with E-state index in [-0.39, 0.29) is 5.91 Å². The topological polar surface area (TPSA) is 82.8 Å². The molecule has 17 heavy (non-hydrogen) atoms. The van der Waals surface area contributed by atoms with E-state index < -0.39 is 0 Å². The van der Waals surface area contributed by atoms with Crippen LogP contribution in [0.1, 0.15) is 13.3 Å². The molecule has 0 heterocycles. The minimum Gasteiger partial charge on any atom is -0.379 e. The molecule has 0 aliphatic carbocycles. The standard InChI is InChI=1S/C11H24N2O4/c1-2-13-11(14)3-5-15-7-9-17-10-8-16-6-4-12/h2-10,12H2,1H3,(H,13,14). The third-order valence-corrected chi connectivity index (χ3v) is 1.85. The van der Waals surface area contributed by atoms with Gasteiger partial charge in [-0.05, 0) is 6.92 Å². The van der Waals surface area contributed by atoms with Crippen LogP contribution in [0.15, 0.2) is 0 Å². The Morgan fingerprint density at radius 1 is 1.00 bits per heavy atom. The fourth-order valence-corrected chi connectivity index (χ4v) is 1.08. The summed E-state index contributed by atoms with van der Waals surface area (Å²) in [6.45, 7) is 6.17. The van der Waals surface area contributed by atoms with Gasteiger partial charge in [-0.2, -0.15) is 0 Å². The lowest BCUT2D eigenvalue weighted by Crippen LogP contribution is -2.24. The molecule has 0 spiro atoms. The van der Waals surface area contributed by atoms with E-state index in [1.165, 1.54) is 0 Å². The number of hydrogen-bond acceptors (Lipinski definition) is 5. The van der Waals surface area contributed by atoms with Gasteiger partial charge in [0.05, 0.1) is 39.6 Å². The van der Waals surface area contributed by atoms with Crippen LogP contribution in [0.5, 0.6) is 0 Å². The first-order valence-electron chi connectivity index (χ1n) is 6.01. The molecule has 0 bridgehead atoms. The Labute approximate surface area is 103 Å². The predicted molar refractivity (Wildman–Crippen MR) is 64.8 cm³/mol. The normalized spacial score (nSPS) is 10.5. The van der Waals surface area contributed by atoms with Gasteiger partial charge in [0.25, 0.3) is 0 Å². The molecule has 0 unspecified atom stereocenters. The molecule has 6 nitrogen and oxygen atoms in total. The van der Waals surface area contributed by atoms with Gasteiger partial charge in [0.1, 0.15) is 0 Å². The van der Waals surface area contributed by atoms with E-state index >= 15 is 0 Å². The van der Waals surface area contributed by atoms with Crippen LogP contribution in [0.2, 0.25) is 0 Å². The molecule has 0 fully saturated rings. The quantitative estimate of drug-likeness (QED) is 0.456. The Bertz CT molecular complexity index is 179. The molecular formula is C11H24N2O4. The first-order chi connectivity index (χ1) is 8.31. The van der Waals surface area contributed by atoms with Crippen molar-refractivity contribution in [2.24, 2.45) is 5.73 Å². The second-order valence-corrected chi connectivity index (χ2v) is 3.33. The van der Waals surface area contributed by atoms with Gasteiger partial charge in [-0.1, -0.05) is 0 Å². The van der Waals surface area contributed by atoms with Crippen molar-refractivity contribution in [3.8, 4) is 0 Å². The molecule has 0 aromatic heterocycles. The number of rotatable bonds is 12. The molecule has 6 heteroatoms. The molecule has 0 atom stereocenters. The number of carbonyl (C=O) groups excluding carboxylic acids is 1. The summed E-state index contributed by atoms with van der Waals surface area (Å²) < 4.78 is 15.6. The van der Waals surface area contributed by atoms with Crippen molar-refractivity contribution >= 4 is 5.91 Å². The van der Waals surface area contributed by atoms with Crippen LogP contribution in [0, 0.1) is 0 Å². The molecule has 0 saturated heterocycles. The van der Waals surface area contributed by atoms with Crippen LogP contribution in [0.3, 0.4) is 0 Å². The molecule has 0 radical (unpaired) electrons. The van der Waals surface area contributed by atoms with Gasteiger partial charge in [0, 0.05) is 19.5 Å². The number of ether oxygens (including phenoxy) is 3. The summed E-state index contributed by atoms with van der Waals surface area (Å²) in [5.74, 6) is 0.0172. The van der Waals surface area contributed by atoms with E-state index in [1.54, 1.807) is 0 Å². The fraction of sp³-hybridized carbons (Fsp3) is 0.909. The Balaban J connectivity index is 3.01. The van der Waals surface area contributed by atoms with Crippen molar-refractivity contribution < 1.29 is 19.0 Å². The van der Waals surface area contributed by atoms with E-state index in [9.17, 15) is 4.79 Å². The predicted octanol–water partition coefficient (Wildman–Crippen LogP) is -0.479. The number of nitrogens with two attached hydrogens (primary N) is 1. The highest BCUT2D eigenvalue weighted by molar-refractivity contribution is 5.75. The highest BCUT2D eigenvalue weighted by atomic mass is 16.5. The van der Waals surface area contributed by atoms with E-state index in [2.05, 4.69) is 5.32 Å². The minimum absolute atomic E-state index is 0.0172. The average molecular weight is 248 g/mol. The van der Waals surface area contributed by atoms with Gasteiger partial charge in [-0.25, -0.2) is 0 Å². The Kier molecular flexibility index (Phi) is 12.8. The zero-order valence-corrected chi connectivity index (χ0v) is 10.6. The maximum absolute atomic E-state index is 11.0. The van der Waals surface area contributed by atoms with Crippen LogP contribution in [-0.2, 0) is 19.0 Å². The Morgan fingerprint density at radius 3 is 2.06 bits per heavy atom. The van der Waals surface area contributed by atoms with Gasteiger partial charge in [0.15, 0.2) is 0 Å². The third kappa shape index (κ3) is 13.2. The van der Waals surface area contributed by atoms with Crippen molar-refractivity contribution in [3.05, 3.63) is 0 Å². The summed E-state index contributed by atoms with van der Waals surface area (Å²) in [4.78, 5) is 11.0. The van der Waals surface area contributed by atoms with Gasteiger partial charge in [0.2, 0.25) is 5.91 Å². The molecule has 3 N–H and O–H groups in total. The number of amides is 1. The van der Waals surface area contributed by atoms with Crippen LogP contribution >= 0.6 is 0 Å². The molecule has 0 aliphatic rings. The van der Waals surface area contributed by atoms with Crippen LogP contribution in [0.25, 0.3) is 0 Å². The zero-order chi connectivity index (χ0) is 12.8. The first-order valence-corrected chi connectivity index (χ1v) is 6.01. The molecule has 0 aromatic carbocycles. The van der Waals surface area contributed by atoms with Crippen molar-refractivity contribution in [2.75, 3.05) is 52.7 Å². The summed E-state index contributed by atoms with van der Waals surface area (Å²) in [5, 5.41) is 2.70. The second kappa shape index (κ2) is 13.4. The smallest absolute Gasteiger partial charge is 0.222 e. The number of nitrogens with one attached hydrogen (secondary N) is 1. The van der Waals surface area contributed by atoms with Crippen molar-refractivity contribution in [2.45, 2.75) is 13.3 Å². The lowest BCUT2D eigenvalue weighted by atomic mass is 10.4. The van der Waals surface area contributed by atoms with Crippen LogP contribution in [-0.4, -0.2) is 58.6 Å². The zero-order valence-electron chi connectivity index (χ0n) is 10.6. The molecule has 0 rings (SSSR count). The van der Waals surface area contributed by atoms with Gasteiger partial charge >= 0.3 is 0 Å². The fourth-order valence-electron chi connectivity index (χ4n) is 1.08. The van der Waals surface area contributed by atoms with Crippen molar-refractivity contribution in [1.82, 2.24) is 5.32 Å². The van der Waals surface area contributed by atoms with Gasteiger partial charge in [-0.3, -0.25) is 4.79 Å². The van der Waals surface area contributed by atoms with Crippen molar-refractivity contribution in [3.63, 3.8) is 0 Å². The number of hydrogen-bond donors (Lipinski definition) is 2. The van der Waals surface area contributed by atoms with Crippen LogP contribution in [0.4, 0.5) is 0 Å². The van der Waals surface area contributed by atoms with Gasteiger partial charge in [-0.15, -0.1) is 0 Å². The molecular weight excluding hydrogens is 224 g/mol. The molecule has 1 amide bonds. The SMILES string of the molecule is CCNC(=O)CCOCCOCCOCCN. The number of carbonyl (C=O) groups is 1. The first kappa shape index (κ1) is 16.3. The monoisotopic (exact) mass is 248 g/mol. The Hall–Kier alpha value is -0.690. The average Bonchev–Trinajstić information content (AvgIpc) is 2.32. The molecule has 0 saturated carbocycles. The minimum atomic E-state index is 0.0172. The maximum atomic E-state index is 11.0. The van der Waals surface area contributed by atoms with Crippen molar-refractivity contribution in [1.29, 1.82) is 0 Å². The lowest BCUT2D eigenvalue weighted by Gasteiger charge is -2.06. The van der Waals surface area contributed by atoms with Crippen LogP contribution < -0.4 is 11.1 Å². The van der Waals surface area contributed by atoms with Gasteiger partial charge < -0.3 is 25.3 Å².